The molecule has 1 saturated heterocycles. The molecule has 0 bridgehead atoms. The first kappa shape index (κ1) is 19.1. The normalized spacial score (nSPS) is 19.2. The predicted molar refractivity (Wildman–Crippen MR) is 113 cm³/mol. The Kier molecular flexibility index (Phi) is 4.96. The standard InChI is InChI=1S/C21H29N7O2/c1-25(2)18-12-19(23-14-22-18)28(15-4-5-15)16-6-9-26(10-7-16)20(29)17-13-24-27-8-3-11-30-21(17)27/h12-16H,3-11H2,1-2H3. The molecule has 0 unspecified atom stereocenters. The maximum atomic E-state index is 13.1. The average molecular weight is 412 g/mol. The third kappa shape index (κ3) is 3.57. The second-order valence-electron chi connectivity index (χ2n) is 8.58. The Morgan fingerprint density at radius 2 is 1.80 bits per heavy atom. The van der Waals surface area contributed by atoms with Crippen molar-refractivity contribution in [2.75, 3.05) is 43.6 Å². The van der Waals surface area contributed by atoms with Crippen LogP contribution < -0.4 is 14.5 Å². The minimum atomic E-state index is 0.0338. The Hall–Kier alpha value is -2.84. The van der Waals surface area contributed by atoms with E-state index in [-0.39, 0.29) is 5.91 Å². The summed E-state index contributed by atoms with van der Waals surface area (Å²) in [6, 6.07) is 3.02. The number of nitrogens with zero attached hydrogens (tertiary/aromatic N) is 7. The van der Waals surface area contributed by atoms with E-state index in [4.69, 9.17) is 4.74 Å². The van der Waals surface area contributed by atoms with E-state index in [9.17, 15) is 4.79 Å². The highest BCUT2D eigenvalue weighted by Crippen LogP contribution is 2.36. The highest BCUT2D eigenvalue weighted by molar-refractivity contribution is 5.96. The molecule has 1 amide bonds. The Labute approximate surface area is 176 Å². The van der Waals surface area contributed by atoms with Crippen LogP contribution in [-0.4, -0.2) is 76.4 Å². The smallest absolute Gasteiger partial charge is 0.260 e. The highest BCUT2D eigenvalue weighted by Gasteiger charge is 2.38. The van der Waals surface area contributed by atoms with Crippen LogP contribution in [0.3, 0.4) is 0 Å². The second kappa shape index (κ2) is 7.77. The molecule has 4 heterocycles. The lowest BCUT2D eigenvalue weighted by Gasteiger charge is -2.39. The molecule has 2 fully saturated rings. The lowest BCUT2D eigenvalue weighted by Crippen LogP contribution is -2.48. The lowest BCUT2D eigenvalue weighted by atomic mass is 10.0. The Morgan fingerprint density at radius 3 is 2.53 bits per heavy atom. The fourth-order valence-corrected chi connectivity index (χ4v) is 4.48. The van der Waals surface area contributed by atoms with E-state index in [1.54, 1.807) is 17.2 Å². The summed E-state index contributed by atoms with van der Waals surface area (Å²) in [5.74, 6) is 2.58. The number of aryl methyl sites for hydroxylation is 1. The van der Waals surface area contributed by atoms with Crippen LogP contribution in [0.4, 0.5) is 11.6 Å². The number of rotatable bonds is 5. The zero-order valence-electron chi connectivity index (χ0n) is 17.7. The Balaban J connectivity index is 1.28. The Bertz CT molecular complexity index is 916. The van der Waals surface area contributed by atoms with Gasteiger partial charge in [-0.05, 0) is 25.7 Å². The number of hydrogen-bond donors (Lipinski definition) is 0. The van der Waals surface area contributed by atoms with Crippen LogP contribution >= 0.6 is 0 Å². The van der Waals surface area contributed by atoms with Gasteiger partial charge in [0, 0.05) is 58.3 Å². The molecule has 5 rings (SSSR count). The first-order valence-corrected chi connectivity index (χ1v) is 10.9. The van der Waals surface area contributed by atoms with Crippen LogP contribution in [0.2, 0.25) is 0 Å². The summed E-state index contributed by atoms with van der Waals surface area (Å²) in [6.45, 7) is 2.94. The minimum absolute atomic E-state index is 0.0338. The summed E-state index contributed by atoms with van der Waals surface area (Å²) in [5, 5.41) is 4.33. The number of hydrogen-bond acceptors (Lipinski definition) is 7. The summed E-state index contributed by atoms with van der Waals surface area (Å²) in [6.07, 6.45) is 8.54. The van der Waals surface area contributed by atoms with Crippen LogP contribution in [-0.2, 0) is 6.54 Å². The number of amides is 1. The van der Waals surface area contributed by atoms with Crippen molar-refractivity contribution < 1.29 is 9.53 Å². The summed E-state index contributed by atoms with van der Waals surface area (Å²) < 4.78 is 7.52. The van der Waals surface area contributed by atoms with E-state index in [0.29, 0.717) is 30.1 Å². The minimum Gasteiger partial charge on any atom is -0.477 e. The molecule has 1 saturated carbocycles. The first-order valence-electron chi connectivity index (χ1n) is 10.9. The van der Waals surface area contributed by atoms with Gasteiger partial charge in [-0.25, -0.2) is 14.6 Å². The van der Waals surface area contributed by atoms with Gasteiger partial charge in [-0.15, -0.1) is 0 Å². The van der Waals surface area contributed by atoms with E-state index in [1.807, 2.05) is 23.9 Å². The molecule has 2 aliphatic heterocycles. The van der Waals surface area contributed by atoms with Gasteiger partial charge in [0.05, 0.1) is 12.8 Å². The molecule has 0 spiro atoms. The summed E-state index contributed by atoms with van der Waals surface area (Å²) in [4.78, 5) is 28.5. The van der Waals surface area contributed by atoms with E-state index >= 15 is 0 Å². The van der Waals surface area contributed by atoms with Crippen LogP contribution in [0, 0.1) is 0 Å². The van der Waals surface area contributed by atoms with Gasteiger partial charge in [0.1, 0.15) is 23.5 Å². The van der Waals surface area contributed by atoms with Gasteiger partial charge in [0.15, 0.2) is 0 Å². The molecular formula is C21H29N7O2. The van der Waals surface area contributed by atoms with Gasteiger partial charge in [0.2, 0.25) is 5.88 Å². The topological polar surface area (TPSA) is 79.6 Å². The van der Waals surface area contributed by atoms with E-state index in [2.05, 4.69) is 26.0 Å². The Morgan fingerprint density at radius 1 is 1.07 bits per heavy atom. The molecule has 0 aromatic carbocycles. The molecule has 2 aromatic rings. The number of carbonyl (C=O) groups is 1. The van der Waals surface area contributed by atoms with Crippen molar-refractivity contribution in [3.8, 4) is 5.88 Å². The van der Waals surface area contributed by atoms with Crippen molar-refractivity contribution in [3.63, 3.8) is 0 Å². The molecule has 9 heteroatoms. The SMILES string of the molecule is CN(C)c1cc(N(C2CC2)C2CCN(C(=O)c3cnn4c3OCCC4)CC2)ncn1. The van der Waals surface area contributed by atoms with Gasteiger partial charge in [-0.2, -0.15) is 5.10 Å². The molecule has 0 N–H and O–H groups in total. The van der Waals surface area contributed by atoms with E-state index < -0.39 is 0 Å². The number of fused-ring (bicyclic) bond motifs is 1. The number of aromatic nitrogens is 4. The monoisotopic (exact) mass is 411 g/mol. The zero-order valence-corrected chi connectivity index (χ0v) is 17.7. The van der Waals surface area contributed by atoms with Crippen molar-refractivity contribution >= 4 is 17.5 Å². The molecular weight excluding hydrogens is 382 g/mol. The molecule has 9 nitrogen and oxygen atoms in total. The van der Waals surface area contributed by atoms with E-state index in [0.717, 1.165) is 50.5 Å². The third-order valence-electron chi connectivity index (χ3n) is 6.22. The second-order valence-corrected chi connectivity index (χ2v) is 8.58. The predicted octanol–water partition coefficient (Wildman–Crippen LogP) is 1.80. The molecule has 160 valence electrons. The number of ether oxygens (including phenoxy) is 1. The summed E-state index contributed by atoms with van der Waals surface area (Å²) >= 11 is 0. The van der Waals surface area contributed by atoms with Crippen LogP contribution in [0.1, 0.15) is 42.5 Å². The van der Waals surface area contributed by atoms with Crippen LogP contribution in [0.25, 0.3) is 0 Å². The zero-order chi connectivity index (χ0) is 20.7. The highest BCUT2D eigenvalue weighted by atomic mass is 16.5. The average Bonchev–Trinajstić information content (AvgIpc) is 3.51. The molecule has 3 aliphatic rings. The van der Waals surface area contributed by atoms with Gasteiger partial charge in [-0.1, -0.05) is 0 Å². The van der Waals surface area contributed by atoms with E-state index in [1.165, 1.54) is 12.8 Å². The van der Waals surface area contributed by atoms with Crippen molar-refractivity contribution in [3.05, 3.63) is 24.2 Å². The number of carbonyl (C=O) groups excluding carboxylic acids is 1. The first-order chi connectivity index (χ1) is 14.6. The molecule has 30 heavy (non-hydrogen) atoms. The fourth-order valence-electron chi connectivity index (χ4n) is 4.48. The van der Waals surface area contributed by atoms with Gasteiger partial charge >= 0.3 is 0 Å². The third-order valence-corrected chi connectivity index (χ3v) is 6.22. The molecule has 0 radical (unpaired) electrons. The fraction of sp³-hybridized carbons (Fsp3) is 0.619. The number of anilines is 2. The van der Waals surface area contributed by atoms with Crippen molar-refractivity contribution in [2.45, 2.75) is 50.7 Å². The summed E-state index contributed by atoms with van der Waals surface area (Å²) in [5.41, 5.74) is 0.596. The van der Waals surface area contributed by atoms with Gasteiger partial charge < -0.3 is 19.4 Å². The van der Waals surface area contributed by atoms with Gasteiger partial charge in [0.25, 0.3) is 5.91 Å². The van der Waals surface area contributed by atoms with Crippen LogP contribution in [0.5, 0.6) is 5.88 Å². The van der Waals surface area contributed by atoms with Crippen molar-refractivity contribution in [2.24, 2.45) is 0 Å². The molecule has 0 atom stereocenters. The quantitative estimate of drug-likeness (QED) is 0.742. The molecule has 1 aliphatic carbocycles. The van der Waals surface area contributed by atoms with Crippen molar-refractivity contribution in [1.29, 1.82) is 0 Å². The maximum absolute atomic E-state index is 13.1. The van der Waals surface area contributed by atoms with Crippen molar-refractivity contribution in [1.82, 2.24) is 24.6 Å². The molecule has 2 aromatic heterocycles. The summed E-state index contributed by atoms with van der Waals surface area (Å²) in [7, 11) is 3.99. The maximum Gasteiger partial charge on any atom is 0.260 e. The lowest BCUT2D eigenvalue weighted by molar-refractivity contribution is 0.0705. The van der Waals surface area contributed by atoms with Gasteiger partial charge in [-0.3, -0.25) is 4.79 Å². The van der Waals surface area contributed by atoms with Crippen LogP contribution in [0.15, 0.2) is 18.6 Å². The number of likely N-dealkylation sites (tertiary alicyclic amines) is 1. The largest absolute Gasteiger partial charge is 0.477 e. The number of piperidine rings is 1.